The summed E-state index contributed by atoms with van der Waals surface area (Å²) in [4.78, 5) is 26.3. The second-order valence-electron chi connectivity index (χ2n) is 10.1. The third-order valence-electron chi connectivity index (χ3n) is 6.56. The van der Waals surface area contributed by atoms with E-state index in [0.29, 0.717) is 57.6 Å². The molecule has 0 saturated carbocycles. The molecule has 8 nitrogen and oxygen atoms in total. The molecule has 1 atom stereocenters. The second kappa shape index (κ2) is 17.0. The Balaban J connectivity index is 1.53. The molecule has 2 amide bonds. The average molecular weight is 563 g/mol. The van der Waals surface area contributed by atoms with Crippen molar-refractivity contribution in [3.8, 4) is 5.75 Å². The number of carboxylic acids is 1. The van der Waals surface area contributed by atoms with Crippen LogP contribution in [0.3, 0.4) is 0 Å². The average Bonchev–Trinajstić information content (AvgIpc) is 2.97. The third-order valence-corrected chi connectivity index (χ3v) is 6.56. The van der Waals surface area contributed by atoms with Crippen molar-refractivity contribution in [3.05, 3.63) is 95.6 Å². The Bertz CT molecular complexity index is 1180. The minimum Gasteiger partial charge on any atom is -0.492 e. The minimum absolute atomic E-state index is 0.194. The highest BCUT2D eigenvalue weighted by Crippen LogP contribution is 2.18. The maximum absolute atomic E-state index is 13.2. The number of carbonyl (C=O) groups is 2. The van der Waals surface area contributed by atoms with E-state index in [-0.39, 0.29) is 12.5 Å². The summed E-state index contributed by atoms with van der Waals surface area (Å²) < 4.78 is 17.0. The number of amides is 2. The zero-order valence-corrected chi connectivity index (χ0v) is 24.3. The van der Waals surface area contributed by atoms with Crippen LogP contribution in [0, 0.1) is 0 Å². The second-order valence-corrected chi connectivity index (χ2v) is 10.1. The Morgan fingerprint density at radius 2 is 1.59 bits per heavy atom. The number of hydrogen-bond acceptors (Lipinski definition) is 5. The molecular weight excluding hydrogens is 520 g/mol. The molecule has 0 fully saturated rings. The topological polar surface area (TPSA) is 97.3 Å². The molecule has 8 heteroatoms. The lowest BCUT2D eigenvalue weighted by Crippen LogP contribution is -2.39. The quantitative estimate of drug-likeness (QED) is 0.186. The fourth-order valence-electron chi connectivity index (χ4n) is 4.22. The molecule has 0 saturated heterocycles. The highest BCUT2D eigenvalue weighted by molar-refractivity contribution is 5.89. The first-order valence-electron chi connectivity index (χ1n) is 14.2. The molecule has 1 unspecified atom stereocenters. The number of hydrogen-bond donors (Lipinski definition) is 2. The minimum atomic E-state index is -0.980. The number of nitrogens with zero attached hydrogens (tertiary/aromatic N) is 1. The Labute approximate surface area is 243 Å². The van der Waals surface area contributed by atoms with Crippen LogP contribution >= 0.6 is 0 Å². The highest BCUT2D eigenvalue weighted by atomic mass is 16.5. The summed E-state index contributed by atoms with van der Waals surface area (Å²) in [5, 5.41) is 12.3. The van der Waals surface area contributed by atoms with Crippen LogP contribution in [0.5, 0.6) is 5.75 Å². The van der Waals surface area contributed by atoms with Crippen molar-refractivity contribution >= 4 is 17.7 Å². The first-order chi connectivity index (χ1) is 19.9. The van der Waals surface area contributed by atoms with E-state index < -0.39 is 12.1 Å². The van der Waals surface area contributed by atoms with Gasteiger partial charge in [-0.15, -0.1) is 0 Å². The molecular formula is C33H42N2O6. The van der Waals surface area contributed by atoms with E-state index in [2.05, 4.69) is 19.2 Å². The lowest BCUT2D eigenvalue weighted by atomic mass is 10.0. The van der Waals surface area contributed by atoms with Crippen molar-refractivity contribution in [1.29, 1.82) is 0 Å². The first-order valence-corrected chi connectivity index (χ1v) is 14.2. The van der Waals surface area contributed by atoms with Crippen molar-refractivity contribution in [3.63, 3.8) is 0 Å². The summed E-state index contributed by atoms with van der Waals surface area (Å²) in [5.41, 5.74) is 3.92. The van der Waals surface area contributed by atoms with E-state index in [1.54, 1.807) is 24.0 Å². The molecule has 3 aromatic carbocycles. The summed E-state index contributed by atoms with van der Waals surface area (Å²) in [7, 11) is 0. The van der Waals surface area contributed by atoms with Crippen molar-refractivity contribution in [2.24, 2.45) is 0 Å². The molecule has 0 aliphatic heterocycles. The summed E-state index contributed by atoms with van der Waals surface area (Å²) in [5.74, 6) is 0.0846. The summed E-state index contributed by atoms with van der Waals surface area (Å²) in [6, 6.07) is 25.0. The van der Waals surface area contributed by atoms with Crippen LogP contribution in [0.4, 0.5) is 10.5 Å². The number of benzene rings is 3. The highest BCUT2D eigenvalue weighted by Gasteiger charge is 2.18. The maximum atomic E-state index is 13.2. The zero-order valence-electron chi connectivity index (χ0n) is 24.3. The predicted octanol–water partition coefficient (Wildman–Crippen LogP) is 6.36. The fourth-order valence-corrected chi connectivity index (χ4v) is 4.22. The van der Waals surface area contributed by atoms with Crippen molar-refractivity contribution in [2.45, 2.75) is 52.2 Å². The number of urea groups is 1. The van der Waals surface area contributed by atoms with E-state index in [4.69, 9.17) is 14.2 Å². The molecule has 220 valence electrons. The van der Waals surface area contributed by atoms with E-state index in [9.17, 15) is 14.7 Å². The SMILES string of the molecule is CCOC(Cc1ccc(OCCN(CCCOCc2ccccc2)C(=O)Nc2ccc(C(C)C)cc2)cc1)C(=O)O. The molecule has 2 N–H and O–H groups in total. The normalized spacial score (nSPS) is 11.7. The third kappa shape index (κ3) is 11.3. The Morgan fingerprint density at radius 1 is 0.878 bits per heavy atom. The molecule has 0 aliphatic carbocycles. The van der Waals surface area contributed by atoms with Crippen LogP contribution in [0.2, 0.25) is 0 Å². The van der Waals surface area contributed by atoms with Crippen LogP contribution in [0.1, 0.15) is 49.8 Å². The van der Waals surface area contributed by atoms with Crippen molar-refractivity contribution < 1.29 is 28.9 Å². The van der Waals surface area contributed by atoms with Gasteiger partial charge in [-0.1, -0.05) is 68.4 Å². The number of nitrogens with one attached hydrogen (secondary N) is 1. The van der Waals surface area contributed by atoms with Crippen LogP contribution < -0.4 is 10.1 Å². The maximum Gasteiger partial charge on any atom is 0.333 e. The molecule has 0 aromatic heterocycles. The van der Waals surface area contributed by atoms with Crippen LogP contribution in [-0.2, 0) is 27.3 Å². The van der Waals surface area contributed by atoms with Gasteiger partial charge < -0.3 is 29.5 Å². The van der Waals surface area contributed by atoms with Gasteiger partial charge in [-0.25, -0.2) is 9.59 Å². The molecule has 0 heterocycles. The Hall–Kier alpha value is -3.88. The molecule has 0 radical (unpaired) electrons. The Kier molecular flexibility index (Phi) is 13.2. The van der Waals surface area contributed by atoms with Gasteiger partial charge in [-0.05, 0) is 60.2 Å². The molecule has 3 rings (SSSR count). The molecule has 41 heavy (non-hydrogen) atoms. The number of ether oxygens (including phenoxy) is 3. The Morgan fingerprint density at radius 3 is 2.22 bits per heavy atom. The van der Waals surface area contributed by atoms with Gasteiger partial charge in [0.25, 0.3) is 0 Å². The van der Waals surface area contributed by atoms with Crippen LogP contribution in [-0.4, -0.2) is 61.0 Å². The van der Waals surface area contributed by atoms with Crippen molar-refractivity contribution in [1.82, 2.24) is 4.90 Å². The molecule has 0 aliphatic rings. The summed E-state index contributed by atoms with van der Waals surface area (Å²) in [6.07, 6.45) is 0.0883. The lowest BCUT2D eigenvalue weighted by Gasteiger charge is -2.23. The lowest BCUT2D eigenvalue weighted by molar-refractivity contribution is -0.149. The van der Waals surface area contributed by atoms with E-state index in [0.717, 1.165) is 16.8 Å². The smallest absolute Gasteiger partial charge is 0.333 e. The number of aliphatic carboxylic acids is 1. The predicted molar refractivity (Wildman–Crippen MR) is 161 cm³/mol. The van der Waals surface area contributed by atoms with Gasteiger partial charge in [0.05, 0.1) is 13.2 Å². The van der Waals surface area contributed by atoms with Crippen LogP contribution in [0.25, 0.3) is 0 Å². The van der Waals surface area contributed by atoms with Gasteiger partial charge >= 0.3 is 12.0 Å². The molecule has 0 spiro atoms. The van der Waals surface area contributed by atoms with Gasteiger partial charge in [0, 0.05) is 31.9 Å². The molecule has 3 aromatic rings. The van der Waals surface area contributed by atoms with Gasteiger partial charge in [0.2, 0.25) is 0 Å². The summed E-state index contributed by atoms with van der Waals surface area (Å²) in [6.45, 7) is 8.66. The van der Waals surface area contributed by atoms with E-state index >= 15 is 0 Å². The van der Waals surface area contributed by atoms with Crippen LogP contribution in [0.15, 0.2) is 78.9 Å². The zero-order chi connectivity index (χ0) is 29.5. The molecule has 0 bridgehead atoms. The largest absolute Gasteiger partial charge is 0.492 e. The number of anilines is 1. The van der Waals surface area contributed by atoms with Gasteiger partial charge in [0.15, 0.2) is 6.10 Å². The van der Waals surface area contributed by atoms with Crippen molar-refractivity contribution in [2.75, 3.05) is 38.2 Å². The number of carbonyl (C=O) groups excluding carboxylic acids is 1. The summed E-state index contributed by atoms with van der Waals surface area (Å²) >= 11 is 0. The van der Waals surface area contributed by atoms with Gasteiger partial charge in [0.1, 0.15) is 12.4 Å². The van der Waals surface area contributed by atoms with Gasteiger partial charge in [-0.3, -0.25) is 0 Å². The fraction of sp³-hybridized carbons (Fsp3) is 0.394. The van der Waals surface area contributed by atoms with E-state index in [1.807, 2.05) is 66.7 Å². The monoisotopic (exact) mass is 562 g/mol. The van der Waals surface area contributed by atoms with E-state index in [1.165, 1.54) is 5.56 Å². The number of carboxylic acid groups (broad SMARTS) is 1. The number of rotatable bonds is 17. The first kappa shape index (κ1) is 31.6. The standard InChI is InChI=1S/C33H42N2O6/c1-4-40-31(32(36)37)23-26-11-17-30(18-12-26)41-22-20-35(19-8-21-39-24-27-9-6-5-7-10-27)33(38)34-29-15-13-28(14-16-29)25(2)3/h5-7,9-18,25,31H,4,8,19-24H2,1-3H3,(H,34,38)(H,36,37). The van der Waals surface area contributed by atoms with Gasteiger partial charge in [-0.2, -0.15) is 0 Å².